The molecule has 0 aromatic carbocycles. The smallest absolute Gasteiger partial charge is 0.184 e. The lowest BCUT2D eigenvalue weighted by Gasteiger charge is -2.73. The van der Waals surface area contributed by atoms with Crippen molar-refractivity contribution in [3.05, 3.63) is 0 Å². The standard InChI is InChI=1S/C48H82O5/c1-15-38-29(4)27(2)31(6)42(51-38)53-41-30(5)28(3)33(8)50-43(41)52-39-19-20-45(12)35(32(39)7)18-21-47(14)40(45)17-16-36-37-26-44(10,11)22-24-48(37,34(9)49)25-23-46(36,47)13/h27-33,35-43H,15-26H2,1-14H3/t27-,28+,29+,30-,31?,32?,33?,35-,36?,37?,38?,39-,40?,41?,42-,43-,45?,46?,47?,48+/m0/s1. The van der Waals surface area contributed by atoms with Crippen LogP contribution < -0.4 is 0 Å². The molecule has 0 aromatic heterocycles. The first kappa shape index (κ1) is 40.7. The molecule has 53 heavy (non-hydrogen) atoms. The maximum Gasteiger partial charge on any atom is 0.184 e. The van der Waals surface area contributed by atoms with E-state index < -0.39 is 0 Å². The van der Waals surface area contributed by atoms with Gasteiger partial charge in [0.25, 0.3) is 0 Å². The lowest BCUT2D eigenvalue weighted by molar-refractivity contribution is -0.348. The first-order valence-electron chi connectivity index (χ1n) is 22.9. The molecule has 7 aliphatic rings. The number of fused-ring (bicyclic) bond motifs is 7. The van der Waals surface area contributed by atoms with Crippen molar-refractivity contribution in [3.63, 3.8) is 0 Å². The minimum absolute atomic E-state index is 0.0704. The van der Waals surface area contributed by atoms with E-state index in [1.807, 2.05) is 6.92 Å². The van der Waals surface area contributed by atoms with Crippen molar-refractivity contribution in [3.8, 4) is 0 Å². The number of hydrogen-bond acceptors (Lipinski definition) is 5. The van der Waals surface area contributed by atoms with Gasteiger partial charge in [0, 0.05) is 11.3 Å². The van der Waals surface area contributed by atoms with Crippen LogP contribution in [0.4, 0.5) is 0 Å². The third-order valence-corrected chi connectivity index (χ3v) is 20.2. The van der Waals surface area contributed by atoms with Crippen molar-refractivity contribution in [2.75, 3.05) is 0 Å². The van der Waals surface area contributed by atoms with Gasteiger partial charge in [-0.1, -0.05) is 83.1 Å². The average molecular weight is 739 g/mol. The lowest BCUT2D eigenvalue weighted by atomic mass is 9.32. The fourth-order valence-corrected chi connectivity index (χ4v) is 15.6. The van der Waals surface area contributed by atoms with E-state index in [4.69, 9.17) is 18.9 Å². The third-order valence-electron chi connectivity index (χ3n) is 20.2. The Hall–Kier alpha value is -0.490. The molecule has 0 bridgehead atoms. The molecule has 5 heteroatoms. The van der Waals surface area contributed by atoms with Gasteiger partial charge >= 0.3 is 0 Å². The zero-order valence-electron chi connectivity index (χ0n) is 36.8. The van der Waals surface area contributed by atoms with E-state index >= 15 is 0 Å². The second-order valence-electron chi connectivity index (χ2n) is 22.5. The van der Waals surface area contributed by atoms with Gasteiger partial charge in [0.1, 0.15) is 11.9 Å². The van der Waals surface area contributed by atoms with E-state index in [9.17, 15) is 4.79 Å². The Labute approximate surface area is 325 Å². The molecular weight excluding hydrogens is 657 g/mol. The van der Waals surface area contributed by atoms with Crippen LogP contribution in [-0.2, 0) is 23.7 Å². The Kier molecular flexibility index (Phi) is 10.8. The summed E-state index contributed by atoms with van der Waals surface area (Å²) in [5.41, 5.74) is 1.19. The highest BCUT2D eigenvalue weighted by Crippen LogP contribution is 2.76. The summed E-state index contributed by atoms with van der Waals surface area (Å²) in [4.78, 5) is 13.6. The second kappa shape index (κ2) is 14.1. The first-order valence-corrected chi connectivity index (χ1v) is 22.9. The molecule has 0 spiro atoms. The highest BCUT2D eigenvalue weighted by atomic mass is 16.7. The van der Waals surface area contributed by atoms with Gasteiger partial charge in [0.05, 0.1) is 18.3 Å². The molecular formula is C48H82O5. The average Bonchev–Trinajstić information content (AvgIpc) is 3.10. The highest BCUT2D eigenvalue weighted by molar-refractivity contribution is 5.83. The molecule has 7 fully saturated rings. The Morgan fingerprint density at radius 3 is 2.00 bits per heavy atom. The number of rotatable bonds is 6. The van der Waals surface area contributed by atoms with Crippen LogP contribution in [0.15, 0.2) is 0 Å². The summed E-state index contributed by atoms with van der Waals surface area (Å²) in [5, 5.41) is 0. The van der Waals surface area contributed by atoms with Gasteiger partial charge in [-0.15, -0.1) is 0 Å². The summed E-state index contributed by atoms with van der Waals surface area (Å²) in [6.45, 7) is 33.7. The van der Waals surface area contributed by atoms with Gasteiger partial charge < -0.3 is 18.9 Å². The Bertz CT molecular complexity index is 1340. The van der Waals surface area contributed by atoms with Gasteiger partial charge in [-0.3, -0.25) is 4.79 Å². The van der Waals surface area contributed by atoms with E-state index in [1.54, 1.807) is 0 Å². The Morgan fingerprint density at radius 1 is 0.623 bits per heavy atom. The molecule has 0 radical (unpaired) electrons. The zero-order chi connectivity index (χ0) is 38.6. The van der Waals surface area contributed by atoms with E-state index in [0.29, 0.717) is 80.7 Å². The normalized spacial score (nSPS) is 56.6. The summed E-state index contributed by atoms with van der Waals surface area (Å²) < 4.78 is 27.8. The van der Waals surface area contributed by atoms with Crippen molar-refractivity contribution in [1.29, 1.82) is 0 Å². The number of carbonyl (C=O) groups is 1. The van der Waals surface area contributed by atoms with Crippen molar-refractivity contribution >= 4 is 5.78 Å². The molecule has 0 amide bonds. The minimum atomic E-state index is -0.370. The fourth-order valence-electron chi connectivity index (χ4n) is 15.6. The molecule has 5 saturated carbocycles. The largest absolute Gasteiger partial charge is 0.349 e. The van der Waals surface area contributed by atoms with Crippen molar-refractivity contribution in [1.82, 2.24) is 0 Å². The zero-order valence-corrected chi connectivity index (χ0v) is 36.8. The highest BCUT2D eigenvalue weighted by Gasteiger charge is 2.70. The van der Waals surface area contributed by atoms with Crippen LogP contribution in [0.5, 0.6) is 0 Å². The number of carbonyl (C=O) groups excluding carboxylic acids is 1. The quantitative estimate of drug-likeness (QED) is 0.254. The van der Waals surface area contributed by atoms with Crippen LogP contribution in [0.25, 0.3) is 0 Å². The van der Waals surface area contributed by atoms with E-state index in [2.05, 4.69) is 90.0 Å². The van der Waals surface area contributed by atoms with E-state index in [1.165, 1.54) is 51.4 Å². The van der Waals surface area contributed by atoms with Gasteiger partial charge in [0.2, 0.25) is 0 Å². The summed E-state index contributed by atoms with van der Waals surface area (Å²) >= 11 is 0. The van der Waals surface area contributed by atoms with Gasteiger partial charge in [-0.2, -0.15) is 0 Å². The molecule has 2 aliphatic heterocycles. The van der Waals surface area contributed by atoms with Crippen molar-refractivity contribution in [2.24, 2.45) is 86.3 Å². The van der Waals surface area contributed by atoms with Crippen molar-refractivity contribution in [2.45, 2.75) is 211 Å². The molecule has 5 aliphatic carbocycles. The number of ketones is 1. The molecule has 2 heterocycles. The third kappa shape index (κ3) is 6.22. The van der Waals surface area contributed by atoms with E-state index in [-0.39, 0.29) is 42.4 Å². The summed E-state index contributed by atoms with van der Waals surface area (Å²) in [6, 6.07) is 0. The second-order valence-corrected chi connectivity index (χ2v) is 22.5. The van der Waals surface area contributed by atoms with Crippen LogP contribution >= 0.6 is 0 Å². The van der Waals surface area contributed by atoms with Gasteiger partial charge in [-0.25, -0.2) is 0 Å². The van der Waals surface area contributed by atoms with Crippen LogP contribution in [0.2, 0.25) is 0 Å². The molecule has 2 saturated heterocycles. The first-order chi connectivity index (χ1) is 24.7. The number of hydrogen-bond donors (Lipinski definition) is 0. The molecule has 11 unspecified atom stereocenters. The summed E-state index contributed by atoms with van der Waals surface area (Å²) in [7, 11) is 0. The fraction of sp³-hybridized carbons (Fsp3) is 0.979. The minimum Gasteiger partial charge on any atom is -0.349 e. The number of ether oxygens (including phenoxy) is 4. The molecule has 5 nitrogen and oxygen atoms in total. The molecule has 304 valence electrons. The van der Waals surface area contributed by atoms with Crippen molar-refractivity contribution < 1.29 is 23.7 Å². The lowest BCUT2D eigenvalue weighted by Crippen LogP contribution is -2.67. The predicted molar refractivity (Wildman–Crippen MR) is 214 cm³/mol. The summed E-state index contributed by atoms with van der Waals surface area (Å²) in [6.07, 6.45) is 14.3. The number of Topliss-reactive ketones (excluding diaryl/α,β-unsaturated/α-hetero) is 1. The van der Waals surface area contributed by atoms with Crippen LogP contribution in [-0.4, -0.2) is 42.8 Å². The molecule has 0 N–H and O–H groups in total. The maximum absolute atomic E-state index is 13.6. The Balaban J connectivity index is 1.09. The summed E-state index contributed by atoms with van der Waals surface area (Å²) in [5.74, 6) is 5.66. The molecule has 7 rings (SSSR count). The van der Waals surface area contributed by atoms with E-state index in [0.717, 1.165) is 31.6 Å². The van der Waals surface area contributed by atoms with Gasteiger partial charge in [-0.05, 0) is 166 Å². The molecule has 20 atom stereocenters. The predicted octanol–water partition coefficient (Wildman–Crippen LogP) is 11.9. The van der Waals surface area contributed by atoms with Crippen LogP contribution in [0.3, 0.4) is 0 Å². The SMILES string of the molecule is CCC1O[C@@H](OC2[C@H](O[C@H]3CCC4(C)C5CCC6C7CC(C)(C)CC[C@]7(C(C)=O)CCC6(C)C5(C)CC[C@H]4C3C)OC(C)[C@H](C)[C@@H]2C)C(C)[C@@H](C)[C@H]1C. The Morgan fingerprint density at radius 2 is 1.32 bits per heavy atom. The molecule has 0 aromatic rings. The monoisotopic (exact) mass is 739 g/mol. The van der Waals surface area contributed by atoms with Crippen LogP contribution in [0, 0.1) is 86.3 Å². The van der Waals surface area contributed by atoms with Crippen LogP contribution in [0.1, 0.15) is 174 Å². The topological polar surface area (TPSA) is 54.0 Å². The maximum atomic E-state index is 13.6. The van der Waals surface area contributed by atoms with Gasteiger partial charge in [0.15, 0.2) is 12.6 Å².